The number of nitrogens with zero attached hydrogens (tertiary/aromatic N) is 1. The number of benzene rings is 2. The van der Waals surface area contributed by atoms with E-state index in [1.807, 2.05) is 6.07 Å². The Kier molecular flexibility index (Phi) is 6.57. The molecule has 0 spiro atoms. The molecule has 0 N–H and O–H groups in total. The summed E-state index contributed by atoms with van der Waals surface area (Å²) in [5.41, 5.74) is 1.19. The number of amides is 1. The molecule has 0 unspecified atom stereocenters. The number of esters is 2. The Labute approximate surface area is 167 Å². The fourth-order valence-corrected chi connectivity index (χ4v) is 2.69. The van der Waals surface area contributed by atoms with Crippen LogP contribution in [0.4, 0.5) is 4.79 Å². The predicted molar refractivity (Wildman–Crippen MR) is 99.6 cm³/mol. The Morgan fingerprint density at radius 1 is 0.966 bits per heavy atom. The van der Waals surface area contributed by atoms with Crippen LogP contribution in [-0.4, -0.2) is 48.1 Å². The third-order valence-corrected chi connectivity index (χ3v) is 4.25. The smallest absolute Gasteiger partial charge is 0.413 e. The molecule has 1 aliphatic rings. The van der Waals surface area contributed by atoms with Crippen LogP contribution in [0.2, 0.25) is 0 Å². The van der Waals surface area contributed by atoms with E-state index in [0.29, 0.717) is 5.56 Å². The first-order valence-electron chi connectivity index (χ1n) is 8.92. The van der Waals surface area contributed by atoms with Crippen molar-refractivity contribution in [1.82, 2.24) is 4.90 Å². The summed E-state index contributed by atoms with van der Waals surface area (Å²) in [5, 5.41) is 0. The summed E-state index contributed by atoms with van der Waals surface area (Å²) in [5.74, 6) is -1.89. The molecule has 1 atom stereocenters. The molecule has 1 fully saturated rings. The minimum absolute atomic E-state index is 0.0209. The van der Waals surface area contributed by atoms with Crippen molar-refractivity contribution in [2.24, 2.45) is 0 Å². The van der Waals surface area contributed by atoms with Crippen molar-refractivity contribution in [2.45, 2.75) is 19.1 Å². The van der Waals surface area contributed by atoms with Crippen LogP contribution in [0.3, 0.4) is 0 Å². The van der Waals surface area contributed by atoms with E-state index < -0.39 is 37.1 Å². The van der Waals surface area contributed by atoms with E-state index in [9.17, 15) is 19.2 Å². The number of hydrogen-bond donors (Lipinski definition) is 0. The van der Waals surface area contributed by atoms with Crippen LogP contribution >= 0.6 is 0 Å². The van der Waals surface area contributed by atoms with Crippen LogP contribution in [-0.2, 0) is 30.4 Å². The molecule has 0 bridgehead atoms. The van der Waals surface area contributed by atoms with Crippen molar-refractivity contribution in [3.63, 3.8) is 0 Å². The molecule has 8 heteroatoms. The lowest BCUT2D eigenvalue weighted by Gasteiger charge is -2.19. The van der Waals surface area contributed by atoms with Crippen molar-refractivity contribution >= 4 is 23.8 Å². The zero-order chi connectivity index (χ0) is 20.6. The van der Waals surface area contributed by atoms with Gasteiger partial charge in [-0.2, -0.15) is 0 Å². The number of carbonyl (C=O) groups is 4. The fourth-order valence-electron chi connectivity index (χ4n) is 2.69. The molecule has 3 rings (SSSR count). The monoisotopic (exact) mass is 397 g/mol. The Balaban J connectivity index is 1.51. The highest BCUT2D eigenvalue weighted by molar-refractivity contribution is 5.98. The van der Waals surface area contributed by atoms with E-state index in [2.05, 4.69) is 0 Å². The van der Waals surface area contributed by atoms with Crippen molar-refractivity contribution in [2.75, 3.05) is 13.3 Å². The largest absolute Gasteiger partial charge is 0.457 e. The molecule has 1 heterocycles. The Morgan fingerprint density at radius 2 is 1.62 bits per heavy atom. The van der Waals surface area contributed by atoms with Crippen LogP contribution < -0.4 is 0 Å². The zero-order valence-electron chi connectivity index (χ0n) is 15.5. The van der Waals surface area contributed by atoms with Crippen molar-refractivity contribution < 1.29 is 33.4 Å². The molecule has 1 saturated heterocycles. The van der Waals surface area contributed by atoms with Crippen molar-refractivity contribution in [3.05, 3.63) is 71.8 Å². The summed E-state index contributed by atoms with van der Waals surface area (Å²) < 4.78 is 15.0. The van der Waals surface area contributed by atoms with Crippen LogP contribution in [0.15, 0.2) is 60.7 Å². The van der Waals surface area contributed by atoms with Gasteiger partial charge in [0.25, 0.3) is 0 Å². The molecular formula is C21H19NO7. The second-order valence-electron chi connectivity index (χ2n) is 6.27. The summed E-state index contributed by atoms with van der Waals surface area (Å²) in [6, 6.07) is 16.2. The van der Waals surface area contributed by atoms with Gasteiger partial charge >= 0.3 is 18.0 Å². The standard InChI is InChI=1S/C21H19NO7/c23-18(16-9-5-2-6-10-16)13-27-19(24)11-17-20(25)29-14-22(17)21(26)28-12-15-7-3-1-4-8-15/h1-10,17H,11-14H2/t17-/m1/s1. The maximum absolute atomic E-state index is 12.3. The van der Waals surface area contributed by atoms with Gasteiger partial charge in [0.1, 0.15) is 12.6 Å². The topological polar surface area (TPSA) is 99.2 Å². The SMILES string of the molecule is O=C(C[C@@H]1C(=O)OCN1C(=O)OCc1ccccc1)OCC(=O)c1ccccc1. The normalized spacial score (nSPS) is 15.5. The van der Waals surface area contributed by atoms with Gasteiger partial charge in [-0.3, -0.25) is 14.5 Å². The number of cyclic esters (lactones) is 1. The van der Waals surface area contributed by atoms with E-state index >= 15 is 0 Å². The first kappa shape index (κ1) is 20.1. The lowest BCUT2D eigenvalue weighted by Crippen LogP contribution is -2.40. The second-order valence-corrected chi connectivity index (χ2v) is 6.27. The summed E-state index contributed by atoms with van der Waals surface area (Å²) in [6.07, 6.45) is -1.21. The van der Waals surface area contributed by atoms with E-state index in [0.717, 1.165) is 10.5 Å². The quantitative estimate of drug-likeness (QED) is 0.402. The molecule has 8 nitrogen and oxygen atoms in total. The zero-order valence-corrected chi connectivity index (χ0v) is 15.5. The van der Waals surface area contributed by atoms with Gasteiger partial charge in [0.2, 0.25) is 0 Å². The molecule has 0 saturated carbocycles. The third-order valence-electron chi connectivity index (χ3n) is 4.25. The number of rotatable bonds is 7. The van der Waals surface area contributed by atoms with Gasteiger partial charge in [-0.1, -0.05) is 60.7 Å². The number of carbonyl (C=O) groups excluding carboxylic acids is 4. The third kappa shape index (κ3) is 5.41. The van der Waals surface area contributed by atoms with Crippen molar-refractivity contribution in [1.29, 1.82) is 0 Å². The van der Waals surface area contributed by atoms with E-state index in [-0.39, 0.29) is 19.1 Å². The molecule has 1 aliphatic heterocycles. The predicted octanol–water partition coefficient (Wildman–Crippen LogP) is 2.32. The van der Waals surface area contributed by atoms with Gasteiger partial charge < -0.3 is 14.2 Å². The lowest BCUT2D eigenvalue weighted by atomic mass is 10.1. The molecule has 150 valence electrons. The highest BCUT2D eigenvalue weighted by atomic mass is 16.6. The minimum atomic E-state index is -1.15. The molecule has 2 aromatic carbocycles. The molecule has 0 aromatic heterocycles. The maximum Gasteiger partial charge on any atom is 0.413 e. The highest BCUT2D eigenvalue weighted by Crippen LogP contribution is 2.17. The van der Waals surface area contributed by atoms with Gasteiger partial charge in [0.15, 0.2) is 19.1 Å². The van der Waals surface area contributed by atoms with Crippen LogP contribution in [0.1, 0.15) is 22.3 Å². The summed E-state index contributed by atoms with van der Waals surface area (Å²) in [6.45, 7) is -0.747. The summed E-state index contributed by atoms with van der Waals surface area (Å²) in [4.78, 5) is 49.3. The Morgan fingerprint density at radius 3 is 2.31 bits per heavy atom. The molecular weight excluding hydrogens is 378 g/mol. The molecule has 0 radical (unpaired) electrons. The van der Waals surface area contributed by atoms with E-state index in [4.69, 9.17) is 14.2 Å². The number of ketones is 1. The van der Waals surface area contributed by atoms with Gasteiger partial charge in [-0.05, 0) is 5.56 Å². The average molecular weight is 397 g/mol. The summed E-state index contributed by atoms with van der Waals surface area (Å²) >= 11 is 0. The van der Waals surface area contributed by atoms with Gasteiger partial charge in [0, 0.05) is 5.56 Å². The number of hydrogen-bond acceptors (Lipinski definition) is 7. The summed E-state index contributed by atoms with van der Waals surface area (Å²) in [7, 11) is 0. The minimum Gasteiger partial charge on any atom is -0.457 e. The maximum atomic E-state index is 12.3. The van der Waals surface area contributed by atoms with E-state index in [1.54, 1.807) is 54.6 Å². The Bertz CT molecular complexity index is 882. The first-order valence-corrected chi connectivity index (χ1v) is 8.92. The molecule has 29 heavy (non-hydrogen) atoms. The molecule has 2 aromatic rings. The van der Waals surface area contributed by atoms with Gasteiger partial charge in [-0.25, -0.2) is 9.59 Å². The lowest BCUT2D eigenvalue weighted by molar-refractivity contribution is -0.147. The number of ether oxygens (including phenoxy) is 3. The number of Topliss-reactive ketones (excluding diaryl/α,β-unsaturated/α-hetero) is 1. The Hall–Kier alpha value is -3.68. The van der Waals surface area contributed by atoms with Crippen molar-refractivity contribution in [3.8, 4) is 0 Å². The first-order chi connectivity index (χ1) is 14.0. The fraction of sp³-hybridized carbons (Fsp3) is 0.238. The van der Waals surface area contributed by atoms with Crippen LogP contribution in [0, 0.1) is 0 Å². The second kappa shape index (κ2) is 9.50. The van der Waals surface area contributed by atoms with Gasteiger partial charge in [0.05, 0.1) is 6.42 Å². The highest BCUT2D eigenvalue weighted by Gasteiger charge is 2.40. The average Bonchev–Trinajstić information content (AvgIpc) is 3.12. The van der Waals surface area contributed by atoms with Crippen LogP contribution in [0.25, 0.3) is 0 Å². The van der Waals surface area contributed by atoms with Crippen LogP contribution in [0.5, 0.6) is 0 Å². The van der Waals surface area contributed by atoms with Gasteiger partial charge in [-0.15, -0.1) is 0 Å². The van der Waals surface area contributed by atoms with E-state index in [1.165, 1.54) is 0 Å². The molecule has 0 aliphatic carbocycles. The molecule has 1 amide bonds.